The molecule has 2 heterocycles. The number of carbonyl (C=O) groups excluding carboxylic acids is 1. The van der Waals surface area contributed by atoms with E-state index in [-0.39, 0.29) is 5.91 Å². The lowest BCUT2D eigenvalue weighted by atomic mass is 10.1. The summed E-state index contributed by atoms with van der Waals surface area (Å²) in [6, 6.07) is 8.27. The van der Waals surface area contributed by atoms with Gasteiger partial charge in [-0.3, -0.25) is 4.79 Å². The normalized spacial score (nSPS) is 15.0. The van der Waals surface area contributed by atoms with Crippen molar-refractivity contribution in [1.82, 2.24) is 25.2 Å². The number of hydrogen-bond donors (Lipinski definition) is 1. The SMILES string of the molecule is Cc1ccccc1OCCCN(C)C(=O)c1cn(C2CCNCC2)nn1. The van der Waals surface area contributed by atoms with E-state index in [2.05, 4.69) is 15.6 Å². The van der Waals surface area contributed by atoms with Crippen LogP contribution in [-0.4, -0.2) is 59.1 Å². The molecule has 26 heavy (non-hydrogen) atoms. The molecule has 0 spiro atoms. The Bertz CT molecular complexity index is 724. The second-order valence-corrected chi connectivity index (χ2v) is 6.76. The van der Waals surface area contributed by atoms with Crippen molar-refractivity contribution in [1.29, 1.82) is 0 Å². The van der Waals surface area contributed by atoms with Crippen LogP contribution in [0.1, 0.15) is 41.4 Å². The molecule has 140 valence electrons. The number of nitrogens with zero attached hydrogens (tertiary/aromatic N) is 4. The van der Waals surface area contributed by atoms with Gasteiger partial charge in [-0.25, -0.2) is 4.68 Å². The summed E-state index contributed by atoms with van der Waals surface area (Å²) in [5, 5.41) is 11.6. The van der Waals surface area contributed by atoms with Crippen LogP contribution in [0.15, 0.2) is 30.5 Å². The highest BCUT2D eigenvalue weighted by atomic mass is 16.5. The van der Waals surface area contributed by atoms with Crippen LogP contribution in [-0.2, 0) is 0 Å². The van der Waals surface area contributed by atoms with E-state index in [1.807, 2.05) is 35.9 Å². The van der Waals surface area contributed by atoms with Crippen molar-refractivity contribution in [3.05, 3.63) is 41.7 Å². The Morgan fingerprint density at radius 2 is 2.12 bits per heavy atom. The van der Waals surface area contributed by atoms with Gasteiger partial charge in [0.25, 0.3) is 5.91 Å². The van der Waals surface area contributed by atoms with Gasteiger partial charge < -0.3 is 15.0 Å². The third-order valence-corrected chi connectivity index (χ3v) is 4.75. The minimum absolute atomic E-state index is 0.0962. The summed E-state index contributed by atoms with van der Waals surface area (Å²) >= 11 is 0. The highest BCUT2D eigenvalue weighted by molar-refractivity contribution is 5.91. The van der Waals surface area contributed by atoms with Crippen molar-refractivity contribution in [2.24, 2.45) is 0 Å². The highest BCUT2D eigenvalue weighted by Gasteiger charge is 2.20. The average Bonchev–Trinajstić information content (AvgIpc) is 3.16. The summed E-state index contributed by atoms with van der Waals surface area (Å²) in [5.41, 5.74) is 1.53. The minimum Gasteiger partial charge on any atom is -0.493 e. The van der Waals surface area contributed by atoms with E-state index in [0.717, 1.165) is 43.7 Å². The molecule has 0 saturated carbocycles. The van der Waals surface area contributed by atoms with Gasteiger partial charge in [0.05, 0.1) is 18.8 Å². The monoisotopic (exact) mass is 357 g/mol. The summed E-state index contributed by atoms with van der Waals surface area (Å²) in [6.45, 7) is 5.18. The molecule has 0 aliphatic carbocycles. The predicted octanol–water partition coefficient (Wildman–Crippen LogP) is 2.05. The molecule has 3 rings (SSSR count). The molecule has 1 aliphatic heterocycles. The van der Waals surface area contributed by atoms with Crippen LogP contribution in [0.25, 0.3) is 0 Å². The number of ether oxygens (including phenoxy) is 1. The molecule has 1 fully saturated rings. The van der Waals surface area contributed by atoms with Gasteiger partial charge in [-0.2, -0.15) is 0 Å². The van der Waals surface area contributed by atoms with Gasteiger partial charge in [0.1, 0.15) is 5.75 Å². The number of rotatable bonds is 7. The molecule has 1 aliphatic rings. The quantitative estimate of drug-likeness (QED) is 0.768. The number of carbonyl (C=O) groups is 1. The average molecular weight is 357 g/mol. The predicted molar refractivity (Wildman–Crippen MR) is 99.4 cm³/mol. The van der Waals surface area contributed by atoms with E-state index in [1.165, 1.54) is 0 Å². The minimum atomic E-state index is -0.0962. The zero-order valence-corrected chi connectivity index (χ0v) is 15.5. The summed E-state index contributed by atoms with van der Waals surface area (Å²) in [6.07, 6.45) is 4.57. The van der Waals surface area contributed by atoms with E-state index in [0.29, 0.717) is 24.9 Å². The van der Waals surface area contributed by atoms with Crippen LogP contribution in [0.4, 0.5) is 0 Å². The molecule has 1 aromatic carbocycles. The standard InChI is InChI=1S/C19H27N5O2/c1-15-6-3-4-7-18(15)26-13-5-12-23(2)19(25)17-14-24(22-21-17)16-8-10-20-11-9-16/h3-4,6-7,14,16,20H,5,8-13H2,1-2H3. The first kappa shape index (κ1) is 18.4. The van der Waals surface area contributed by atoms with E-state index in [9.17, 15) is 4.79 Å². The molecular formula is C19H27N5O2. The summed E-state index contributed by atoms with van der Waals surface area (Å²) in [4.78, 5) is 14.2. The topological polar surface area (TPSA) is 72.3 Å². The molecule has 1 saturated heterocycles. The van der Waals surface area contributed by atoms with Crippen LogP contribution in [0, 0.1) is 6.92 Å². The van der Waals surface area contributed by atoms with E-state index >= 15 is 0 Å². The number of piperidine rings is 1. The number of amides is 1. The lowest BCUT2D eigenvalue weighted by molar-refractivity contribution is 0.0782. The van der Waals surface area contributed by atoms with Gasteiger partial charge in [-0.15, -0.1) is 5.10 Å². The maximum atomic E-state index is 12.5. The largest absolute Gasteiger partial charge is 0.493 e. The fraction of sp³-hybridized carbons (Fsp3) is 0.526. The molecule has 7 nitrogen and oxygen atoms in total. The molecular weight excluding hydrogens is 330 g/mol. The number of aryl methyl sites for hydroxylation is 1. The van der Waals surface area contributed by atoms with Crippen molar-refractivity contribution < 1.29 is 9.53 Å². The maximum absolute atomic E-state index is 12.5. The van der Waals surface area contributed by atoms with Gasteiger partial charge in [0, 0.05) is 13.6 Å². The number of para-hydroxylation sites is 1. The number of aromatic nitrogens is 3. The Morgan fingerprint density at radius 3 is 2.88 bits per heavy atom. The molecule has 7 heteroatoms. The van der Waals surface area contributed by atoms with E-state index in [1.54, 1.807) is 18.1 Å². The zero-order valence-electron chi connectivity index (χ0n) is 15.5. The van der Waals surface area contributed by atoms with Gasteiger partial charge in [0.2, 0.25) is 0 Å². The first-order chi connectivity index (χ1) is 12.6. The Kier molecular flexibility index (Phi) is 6.22. The molecule has 0 bridgehead atoms. The van der Waals surface area contributed by atoms with E-state index < -0.39 is 0 Å². The second kappa shape index (κ2) is 8.80. The van der Waals surface area contributed by atoms with Gasteiger partial charge in [-0.1, -0.05) is 23.4 Å². The van der Waals surface area contributed by atoms with Crippen molar-refractivity contribution >= 4 is 5.91 Å². The summed E-state index contributed by atoms with van der Waals surface area (Å²) < 4.78 is 7.62. The number of benzene rings is 1. The maximum Gasteiger partial charge on any atom is 0.275 e. The van der Waals surface area contributed by atoms with Crippen molar-refractivity contribution in [3.8, 4) is 5.75 Å². The number of hydrogen-bond acceptors (Lipinski definition) is 5. The van der Waals surface area contributed by atoms with Gasteiger partial charge >= 0.3 is 0 Å². The highest BCUT2D eigenvalue weighted by Crippen LogP contribution is 2.18. The van der Waals surface area contributed by atoms with Crippen LogP contribution in [0.5, 0.6) is 5.75 Å². The van der Waals surface area contributed by atoms with Gasteiger partial charge in [-0.05, 0) is 50.9 Å². The third kappa shape index (κ3) is 4.60. The lowest BCUT2D eigenvalue weighted by Gasteiger charge is -2.22. The van der Waals surface area contributed by atoms with Crippen LogP contribution >= 0.6 is 0 Å². The van der Waals surface area contributed by atoms with Crippen molar-refractivity contribution in [2.75, 3.05) is 33.3 Å². The molecule has 0 atom stereocenters. The summed E-state index contributed by atoms with van der Waals surface area (Å²) in [5.74, 6) is 0.799. The Hall–Kier alpha value is -2.41. The second-order valence-electron chi connectivity index (χ2n) is 6.76. The van der Waals surface area contributed by atoms with Gasteiger partial charge in [0.15, 0.2) is 5.69 Å². The molecule has 1 amide bonds. The molecule has 0 radical (unpaired) electrons. The lowest BCUT2D eigenvalue weighted by Crippen LogP contribution is -2.30. The third-order valence-electron chi connectivity index (χ3n) is 4.75. The molecule has 1 aromatic heterocycles. The first-order valence-electron chi connectivity index (χ1n) is 9.21. The summed E-state index contributed by atoms with van der Waals surface area (Å²) in [7, 11) is 1.79. The van der Waals surface area contributed by atoms with Crippen LogP contribution < -0.4 is 10.1 Å². The zero-order chi connectivity index (χ0) is 18.4. The van der Waals surface area contributed by atoms with E-state index in [4.69, 9.17) is 4.74 Å². The molecule has 2 aromatic rings. The fourth-order valence-corrected chi connectivity index (χ4v) is 3.12. The molecule has 0 unspecified atom stereocenters. The molecule has 1 N–H and O–H groups in total. The smallest absolute Gasteiger partial charge is 0.275 e. The fourth-order valence-electron chi connectivity index (χ4n) is 3.12. The Morgan fingerprint density at radius 1 is 1.35 bits per heavy atom. The van der Waals surface area contributed by atoms with Crippen LogP contribution in [0.3, 0.4) is 0 Å². The van der Waals surface area contributed by atoms with Crippen LogP contribution in [0.2, 0.25) is 0 Å². The van der Waals surface area contributed by atoms with Crippen molar-refractivity contribution in [2.45, 2.75) is 32.2 Å². The Labute approximate surface area is 154 Å². The van der Waals surface area contributed by atoms with Crippen molar-refractivity contribution in [3.63, 3.8) is 0 Å². The Balaban J connectivity index is 1.45. The first-order valence-corrected chi connectivity index (χ1v) is 9.21. The number of nitrogens with one attached hydrogen (secondary N) is 1.